The van der Waals surface area contributed by atoms with Crippen molar-refractivity contribution in [1.29, 1.82) is 0 Å². The minimum absolute atomic E-state index is 0.0241. The van der Waals surface area contributed by atoms with E-state index in [0.29, 0.717) is 5.75 Å². The normalized spacial score (nSPS) is 13.6. The fourth-order valence-electron chi connectivity index (χ4n) is 1.37. The summed E-state index contributed by atoms with van der Waals surface area (Å²) in [7, 11) is 0. The van der Waals surface area contributed by atoms with Crippen molar-refractivity contribution in [3.05, 3.63) is 28.7 Å². The molecule has 0 saturated carbocycles. The number of thioether (sulfide) groups is 1. The van der Waals surface area contributed by atoms with Gasteiger partial charge in [-0.05, 0) is 31.0 Å². The van der Waals surface area contributed by atoms with E-state index in [-0.39, 0.29) is 12.8 Å². The van der Waals surface area contributed by atoms with Gasteiger partial charge in [0.1, 0.15) is 0 Å². The van der Waals surface area contributed by atoms with Gasteiger partial charge in [-0.3, -0.25) is 0 Å². The van der Waals surface area contributed by atoms with E-state index in [1.807, 2.05) is 24.3 Å². The van der Waals surface area contributed by atoms with Crippen LogP contribution in [0.4, 0.5) is 13.2 Å². The number of aliphatic hydroxyl groups excluding tert-OH is 1. The van der Waals surface area contributed by atoms with E-state index >= 15 is 0 Å². The van der Waals surface area contributed by atoms with Crippen molar-refractivity contribution in [2.75, 3.05) is 5.75 Å². The fraction of sp³-hybridized carbons (Fsp3) is 0.500. The van der Waals surface area contributed by atoms with Gasteiger partial charge in [-0.15, -0.1) is 11.8 Å². The molecule has 6 heteroatoms. The van der Waals surface area contributed by atoms with Crippen molar-refractivity contribution in [2.24, 2.45) is 0 Å². The second kappa shape index (κ2) is 7.40. The number of hydrogen-bond donors (Lipinski definition) is 1. The number of aliphatic hydroxyl groups is 1. The van der Waals surface area contributed by atoms with Crippen LogP contribution in [0.1, 0.15) is 19.3 Å². The Morgan fingerprint density at radius 1 is 1.33 bits per heavy atom. The molecule has 0 amide bonds. The van der Waals surface area contributed by atoms with Crippen LogP contribution in [0.5, 0.6) is 0 Å². The van der Waals surface area contributed by atoms with Crippen molar-refractivity contribution >= 4 is 27.7 Å². The summed E-state index contributed by atoms with van der Waals surface area (Å²) < 4.78 is 36.7. The van der Waals surface area contributed by atoms with Crippen molar-refractivity contribution in [2.45, 2.75) is 36.4 Å². The molecule has 0 spiro atoms. The van der Waals surface area contributed by atoms with Crippen molar-refractivity contribution in [1.82, 2.24) is 0 Å². The molecule has 0 aromatic heterocycles. The smallest absolute Gasteiger partial charge is 0.389 e. The van der Waals surface area contributed by atoms with Crippen molar-refractivity contribution in [3.8, 4) is 0 Å². The molecule has 0 aliphatic heterocycles. The summed E-state index contributed by atoms with van der Waals surface area (Å²) in [4.78, 5) is 0.985. The quantitative estimate of drug-likeness (QED) is 0.760. The van der Waals surface area contributed by atoms with E-state index in [1.54, 1.807) is 0 Å². The van der Waals surface area contributed by atoms with E-state index in [4.69, 9.17) is 0 Å². The Bertz CT molecular complexity index is 371. The Labute approximate surface area is 117 Å². The van der Waals surface area contributed by atoms with E-state index in [0.717, 1.165) is 9.37 Å². The summed E-state index contributed by atoms with van der Waals surface area (Å²) in [6.45, 7) is 0. The molecular formula is C12H14BrF3OS. The van der Waals surface area contributed by atoms with E-state index in [9.17, 15) is 18.3 Å². The molecule has 1 nitrogen and oxygen atoms in total. The van der Waals surface area contributed by atoms with Crippen LogP contribution in [-0.4, -0.2) is 23.1 Å². The largest absolute Gasteiger partial charge is 0.392 e. The molecule has 18 heavy (non-hydrogen) atoms. The van der Waals surface area contributed by atoms with Crippen LogP contribution in [-0.2, 0) is 0 Å². The molecule has 1 N–H and O–H groups in total. The van der Waals surface area contributed by atoms with Crippen LogP contribution in [0.3, 0.4) is 0 Å². The predicted octanol–water partition coefficient (Wildman–Crippen LogP) is 4.63. The zero-order valence-corrected chi connectivity index (χ0v) is 12.0. The van der Waals surface area contributed by atoms with Gasteiger partial charge >= 0.3 is 6.18 Å². The summed E-state index contributed by atoms with van der Waals surface area (Å²) in [5, 5.41) is 9.58. The molecular weight excluding hydrogens is 329 g/mol. The first kappa shape index (κ1) is 15.9. The molecule has 1 rings (SSSR count). The third-order valence-electron chi connectivity index (χ3n) is 2.24. The molecule has 0 saturated heterocycles. The summed E-state index contributed by atoms with van der Waals surface area (Å²) in [6.07, 6.45) is -5.50. The van der Waals surface area contributed by atoms with Gasteiger partial charge < -0.3 is 5.11 Å². The fourth-order valence-corrected chi connectivity index (χ4v) is 2.86. The minimum Gasteiger partial charge on any atom is -0.392 e. The maximum atomic E-state index is 11.9. The van der Waals surface area contributed by atoms with Crippen LogP contribution in [0.25, 0.3) is 0 Å². The first-order valence-electron chi connectivity index (χ1n) is 5.50. The Balaban J connectivity index is 2.23. The van der Waals surface area contributed by atoms with E-state index < -0.39 is 18.7 Å². The highest BCUT2D eigenvalue weighted by Gasteiger charge is 2.26. The number of hydrogen-bond acceptors (Lipinski definition) is 2. The number of benzene rings is 1. The lowest BCUT2D eigenvalue weighted by molar-refractivity contribution is -0.136. The molecule has 1 unspecified atom stereocenters. The minimum atomic E-state index is -4.13. The monoisotopic (exact) mass is 342 g/mol. The maximum absolute atomic E-state index is 11.9. The van der Waals surface area contributed by atoms with Gasteiger partial charge in [0.2, 0.25) is 0 Å². The Morgan fingerprint density at radius 3 is 2.67 bits per heavy atom. The highest BCUT2D eigenvalue weighted by Crippen LogP contribution is 2.25. The highest BCUT2D eigenvalue weighted by atomic mass is 79.9. The van der Waals surface area contributed by atoms with Crippen molar-refractivity contribution < 1.29 is 18.3 Å². The molecule has 1 aromatic rings. The third kappa shape index (κ3) is 7.28. The molecule has 0 fully saturated rings. The summed E-state index contributed by atoms with van der Waals surface area (Å²) in [5.41, 5.74) is 0. The number of rotatable bonds is 6. The summed E-state index contributed by atoms with van der Waals surface area (Å²) in [5.74, 6) is 0.411. The molecule has 1 atom stereocenters. The lowest BCUT2D eigenvalue weighted by Gasteiger charge is -2.11. The molecule has 1 aromatic carbocycles. The topological polar surface area (TPSA) is 20.2 Å². The number of alkyl halides is 3. The summed E-state index contributed by atoms with van der Waals surface area (Å²) in [6, 6.07) is 7.58. The van der Waals surface area contributed by atoms with E-state index in [1.165, 1.54) is 11.8 Å². The van der Waals surface area contributed by atoms with Crippen LogP contribution in [0, 0.1) is 0 Å². The zero-order valence-electron chi connectivity index (χ0n) is 9.58. The lowest BCUT2D eigenvalue weighted by atomic mass is 10.2. The van der Waals surface area contributed by atoms with Gasteiger partial charge in [0.25, 0.3) is 0 Å². The lowest BCUT2D eigenvalue weighted by Crippen LogP contribution is -2.13. The van der Waals surface area contributed by atoms with Crippen LogP contribution >= 0.6 is 27.7 Å². The Hall–Kier alpha value is -0.200. The summed E-state index contributed by atoms with van der Waals surface area (Å²) >= 11 is 4.77. The predicted molar refractivity (Wildman–Crippen MR) is 70.8 cm³/mol. The standard InChI is InChI=1S/C12H14BrF3OS/c13-9-3-1-5-11(7-9)18-8-10(17)4-2-6-12(14,15)16/h1,3,5,7,10,17H,2,4,6,8H2. The average molecular weight is 343 g/mol. The van der Waals surface area contributed by atoms with Gasteiger partial charge in [-0.25, -0.2) is 0 Å². The molecule has 102 valence electrons. The SMILES string of the molecule is OC(CCCC(F)(F)F)CSc1cccc(Br)c1. The van der Waals surface area contributed by atoms with Gasteiger partial charge in [-0.2, -0.15) is 13.2 Å². The zero-order chi connectivity index (χ0) is 13.6. The van der Waals surface area contributed by atoms with Gasteiger partial charge in [-0.1, -0.05) is 22.0 Å². The molecule has 0 aliphatic carbocycles. The van der Waals surface area contributed by atoms with Crippen LogP contribution in [0.15, 0.2) is 33.6 Å². The van der Waals surface area contributed by atoms with Gasteiger partial charge in [0.15, 0.2) is 0 Å². The average Bonchev–Trinajstić information content (AvgIpc) is 2.25. The van der Waals surface area contributed by atoms with Crippen LogP contribution < -0.4 is 0 Å². The van der Waals surface area contributed by atoms with Crippen molar-refractivity contribution in [3.63, 3.8) is 0 Å². The van der Waals surface area contributed by atoms with Crippen LogP contribution in [0.2, 0.25) is 0 Å². The molecule has 0 radical (unpaired) electrons. The molecule has 0 bridgehead atoms. The van der Waals surface area contributed by atoms with Gasteiger partial charge in [0, 0.05) is 21.5 Å². The second-order valence-electron chi connectivity index (χ2n) is 3.93. The number of halogens is 4. The Morgan fingerprint density at radius 2 is 2.06 bits per heavy atom. The van der Waals surface area contributed by atoms with Gasteiger partial charge in [0.05, 0.1) is 6.10 Å². The third-order valence-corrected chi connectivity index (χ3v) is 3.87. The molecule has 0 aliphatic rings. The van der Waals surface area contributed by atoms with E-state index in [2.05, 4.69) is 15.9 Å². The first-order chi connectivity index (χ1) is 8.37. The Kier molecular flexibility index (Phi) is 6.52. The second-order valence-corrected chi connectivity index (χ2v) is 5.94. The first-order valence-corrected chi connectivity index (χ1v) is 7.28. The highest BCUT2D eigenvalue weighted by molar-refractivity contribution is 9.10. The maximum Gasteiger partial charge on any atom is 0.389 e. The molecule has 0 heterocycles.